The minimum absolute atomic E-state index is 0.0537. The first-order valence-corrected chi connectivity index (χ1v) is 13.2. The van der Waals surface area contributed by atoms with E-state index in [0.29, 0.717) is 11.4 Å². The molecule has 33 heavy (non-hydrogen) atoms. The van der Waals surface area contributed by atoms with Gasteiger partial charge in [-0.25, -0.2) is 31.5 Å². The zero-order valence-electron chi connectivity index (χ0n) is 17.9. The molecule has 3 aromatic rings. The van der Waals surface area contributed by atoms with Crippen molar-refractivity contribution in [2.24, 2.45) is 0 Å². The van der Waals surface area contributed by atoms with Crippen LogP contribution in [-0.2, 0) is 24.8 Å². The van der Waals surface area contributed by atoms with Gasteiger partial charge in [-0.1, -0.05) is 25.1 Å². The predicted molar refractivity (Wildman–Crippen MR) is 126 cm³/mol. The van der Waals surface area contributed by atoms with Gasteiger partial charge in [0.2, 0.25) is 21.9 Å². The van der Waals surface area contributed by atoms with Crippen molar-refractivity contribution in [1.82, 2.24) is 9.97 Å². The van der Waals surface area contributed by atoms with E-state index in [9.17, 15) is 21.6 Å². The molecule has 0 spiro atoms. The molecule has 1 atom stereocenters. The van der Waals surface area contributed by atoms with E-state index in [0.717, 1.165) is 10.6 Å². The number of carbonyl (C=O) groups is 1. The van der Waals surface area contributed by atoms with Crippen LogP contribution in [0.25, 0.3) is 0 Å². The van der Waals surface area contributed by atoms with Gasteiger partial charge in [0.05, 0.1) is 16.8 Å². The highest BCUT2D eigenvalue weighted by atomic mass is 32.2. The number of carbonyl (C=O) groups excluding carboxylic acids is 1. The van der Waals surface area contributed by atoms with Gasteiger partial charge >= 0.3 is 0 Å². The van der Waals surface area contributed by atoms with Crippen LogP contribution in [0.1, 0.15) is 13.3 Å². The molecule has 12 heteroatoms. The van der Waals surface area contributed by atoms with Gasteiger partial charge in [-0.3, -0.25) is 9.10 Å². The topological polar surface area (TPSA) is 138 Å². The van der Waals surface area contributed by atoms with Crippen LogP contribution in [0, 0.1) is 0 Å². The summed E-state index contributed by atoms with van der Waals surface area (Å²) in [6.07, 6.45) is 4.08. The number of aromatic nitrogens is 2. The van der Waals surface area contributed by atoms with Crippen molar-refractivity contribution in [3.8, 4) is 0 Å². The molecule has 0 saturated carbocycles. The van der Waals surface area contributed by atoms with Gasteiger partial charge < -0.3 is 5.32 Å². The fourth-order valence-electron chi connectivity index (χ4n) is 3.11. The third kappa shape index (κ3) is 6.05. The maximum atomic E-state index is 13.0. The average molecular weight is 490 g/mol. The van der Waals surface area contributed by atoms with Crippen LogP contribution in [-0.4, -0.2) is 45.0 Å². The Morgan fingerprint density at radius 3 is 2.09 bits per heavy atom. The van der Waals surface area contributed by atoms with E-state index >= 15 is 0 Å². The van der Waals surface area contributed by atoms with Gasteiger partial charge in [0, 0.05) is 18.1 Å². The molecule has 1 aromatic heterocycles. The summed E-state index contributed by atoms with van der Waals surface area (Å²) in [6.45, 7) is 1.71. The number of nitrogens with one attached hydrogen (secondary N) is 2. The first kappa shape index (κ1) is 24.1. The van der Waals surface area contributed by atoms with Crippen LogP contribution in [0.4, 0.5) is 17.3 Å². The lowest BCUT2D eigenvalue weighted by Gasteiger charge is -2.30. The highest BCUT2D eigenvalue weighted by Gasteiger charge is 2.31. The van der Waals surface area contributed by atoms with Gasteiger partial charge in [0.25, 0.3) is 10.0 Å². The van der Waals surface area contributed by atoms with Crippen molar-refractivity contribution in [1.29, 1.82) is 0 Å². The molecule has 10 nitrogen and oxygen atoms in total. The Labute approximate surface area is 192 Å². The average Bonchev–Trinajstić information content (AvgIpc) is 2.77. The van der Waals surface area contributed by atoms with E-state index in [1.807, 2.05) is 0 Å². The molecule has 0 bridgehead atoms. The number of anilines is 3. The number of benzene rings is 2. The Morgan fingerprint density at radius 1 is 0.939 bits per heavy atom. The number of hydrogen-bond acceptors (Lipinski definition) is 7. The summed E-state index contributed by atoms with van der Waals surface area (Å²) in [5.41, 5.74) is 0.688. The van der Waals surface area contributed by atoms with Gasteiger partial charge in [-0.2, -0.15) is 0 Å². The largest absolute Gasteiger partial charge is 0.324 e. The molecule has 0 radical (unpaired) electrons. The van der Waals surface area contributed by atoms with Gasteiger partial charge in [0.1, 0.15) is 6.04 Å². The molecule has 3 rings (SSSR count). The fraction of sp³-hybridized carbons (Fsp3) is 0.190. The zero-order valence-corrected chi connectivity index (χ0v) is 19.5. The van der Waals surface area contributed by atoms with Crippen LogP contribution in [0.5, 0.6) is 0 Å². The van der Waals surface area contributed by atoms with E-state index in [1.54, 1.807) is 43.3 Å². The molecular formula is C21H23N5O5S2. The summed E-state index contributed by atoms with van der Waals surface area (Å²) in [5, 5.41) is 2.66. The lowest BCUT2D eigenvalue weighted by Crippen LogP contribution is -2.46. The molecule has 1 amide bonds. The second kappa shape index (κ2) is 9.96. The molecule has 0 aliphatic carbocycles. The van der Waals surface area contributed by atoms with Crippen LogP contribution < -0.4 is 14.3 Å². The summed E-state index contributed by atoms with van der Waals surface area (Å²) in [4.78, 5) is 20.6. The van der Waals surface area contributed by atoms with Crippen molar-refractivity contribution in [2.75, 3.05) is 20.6 Å². The third-order valence-corrected chi connectivity index (χ3v) is 7.09. The van der Waals surface area contributed by atoms with Crippen LogP contribution in [0.15, 0.2) is 78.0 Å². The van der Waals surface area contributed by atoms with Crippen molar-refractivity contribution >= 4 is 43.3 Å². The van der Waals surface area contributed by atoms with Crippen LogP contribution in [0.2, 0.25) is 0 Å². The lowest BCUT2D eigenvalue weighted by molar-refractivity contribution is -0.117. The van der Waals surface area contributed by atoms with Gasteiger partial charge in [-0.05, 0) is 48.9 Å². The monoisotopic (exact) mass is 489 g/mol. The van der Waals surface area contributed by atoms with E-state index in [2.05, 4.69) is 20.0 Å². The molecule has 174 valence electrons. The second-order valence-electron chi connectivity index (χ2n) is 7.01. The second-order valence-corrected chi connectivity index (χ2v) is 10.6. The molecule has 0 saturated heterocycles. The number of nitrogens with zero attached hydrogens (tertiary/aromatic N) is 3. The summed E-state index contributed by atoms with van der Waals surface area (Å²) < 4.78 is 53.2. The number of hydrogen-bond donors (Lipinski definition) is 2. The highest BCUT2D eigenvalue weighted by molar-refractivity contribution is 7.92. The SMILES string of the molecule is CCC(C(=O)Nc1ccc(S(=O)(=O)Nc2ncccn2)cc1)N(c1ccccc1)S(C)(=O)=O. The summed E-state index contributed by atoms with van der Waals surface area (Å²) in [5.74, 6) is -0.611. The van der Waals surface area contributed by atoms with Crippen LogP contribution >= 0.6 is 0 Å². The first-order valence-electron chi connectivity index (χ1n) is 9.87. The van der Waals surface area contributed by atoms with E-state index in [-0.39, 0.29) is 17.3 Å². The Balaban J connectivity index is 1.79. The third-order valence-electron chi connectivity index (χ3n) is 4.56. The van der Waals surface area contributed by atoms with Crippen molar-refractivity contribution in [2.45, 2.75) is 24.3 Å². The molecule has 0 fully saturated rings. The van der Waals surface area contributed by atoms with E-state index in [4.69, 9.17) is 0 Å². The number of para-hydroxylation sites is 1. The molecular weight excluding hydrogens is 466 g/mol. The van der Waals surface area contributed by atoms with Crippen LogP contribution in [0.3, 0.4) is 0 Å². The Morgan fingerprint density at radius 2 is 1.55 bits per heavy atom. The highest BCUT2D eigenvalue weighted by Crippen LogP contribution is 2.23. The summed E-state index contributed by atoms with van der Waals surface area (Å²) in [7, 11) is -7.67. The first-order chi connectivity index (χ1) is 15.6. The quantitative estimate of drug-likeness (QED) is 0.471. The van der Waals surface area contributed by atoms with E-state index < -0.39 is 32.0 Å². The van der Waals surface area contributed by atoms with Crippen molar-refractivity contribution in [3.05, 3.63) is 73.1 Å². The standard InChI is InChI=1S/C21H23N5O5S2/c1-3-19(26(32(2,28)29)17-8-5-4-6-9-17)20(27)24-16-10-12-18(13-11-16)33(30,31)25-21-22-14-7-15-23-21/h4-15,19H,3H2,1-2H3,(H,24,27)(H,22,23,25). The smallest absolute Gasteiger partial charge is 0.264 e. The summed E-state index contributed by atoms with van der Waals surface area (Å²) in [6, 6.07) is 14.4. The maximum Gasteiger partial charge on any atom is 0.264 e. The molecule has 0 aliphatic rings. The van der Waals surface area contributed by atoms with Crippen molar-refractivity contribution in [3.63, 3.8) is 0 Å². The van der Waals surface area contributed by atoms with E-state index in [1.165, 1.54) is 36.7 Å². The molecule has 1 heterocycles. The minimum atomic E-state index is -3.92. The van der Waals surface area contributed by atoms with Gasteiger partial charge in [0.15, 0.2) is 0 Å². The minimum Gasteiger partial charge on any atom is -0.324 e. The molecule has 0 aliphatic heterocycles. The normalized spacial score (nSPS) is 12.5. The lowest BCUT2D eigenvalue weighted by atomic mass is 10.2. The zero-order chi connectivity index (χ0) is 24.1. The predicted octanol–water partition coefficient (Wildman–Crippen LogP) is 2.46. The molecule has 1 unspecified atom stereocenters. The number of amides is 1. The Bertz CT molecular complexity index is 1300. The van der Waals surface area contributed by atoms with Crippen molar-refractivity contribution < 1.29 is 21.6 Å². The molecule has 2 aromatic carbocycles. The fourth-order valence-corrected chi connectivity index (χ4v) is 5.28. The summed E-state index contributed by atoms with van der Waals surface area (Å²) >= 11 is 0. The number of sulfonamides is 2. The van der Waals surface area contributed by atoms with Gasteiger partial charge in [-0.15, -0.1) is 0 Å². The molecule has 2 N–H and O–H groups in total. The maximum absolute atomic E-state index is 13.0. The Kier molecular flexibility index (Phi) is 7.29. The number of rotatable bonds is 9. The Hall–Kier alpha value is -3.51.